The number of sulfonamides is 1. The Kier molecular flexibility index (Phi) is 3.75. The highest BCUT2D eigenvalue weighted by atomic mass is 79.9. The van der Waals surface area contributed by atoms with Gasteiger partial charge in [-0.25, -0.2) is 0 Å². The molecule has 0 atom stereocenters. The fourth-order valence-electron chi connectivity index (χ4n) is 1.48. The predicted octanol–water partition coefficient (Wildman–Crippen LogP) is 2.34. The Balaban J connectivity index is 2.45. The molecule has 0 aliphatic carbocycles. The van der Waals surface area contributed by atoms with Crippen LogP contribution in [-0.2, 0) is 17.1 Å². The number of phenolic OH excluding ortho intramolecular Hbond substituents is 1. The van der Waals surface area contributed by atoms with Gasteiger partial charge in [0.15, 0.2) is 5.03 Å². The van der Waals surface area contributed by atoms with Gasteiger partial charge in [-0.15, -0.1) is 0 Å². The molecule has 0 unspecified atom stereocenters. The molecule has 1 aromatic carbocycles. The molecule has 1 aromatic heterocycles. The van der Waals surface area contributed by atoms with Gasteiger partial charge >= 0.3 is 0 Å². The van der Waals surface area contributed by atoms with Crippen molar-refractivity contribution in [3.63, 3.8) is 0 Å². The van der Waals surface area contributed by atoms with E-state index in [1.54, 1.807) is 6.07 Å². The number of hydrogen-bond acceptors (Lipinski definition) is 4. The van der Waals surface area contributed by atoms with Crippen LogP contribution in [-0.4, -0.2) is 23.3 Å². The summed E-state index contributed by atoms with van der Waals surface area (Å²) in [6.45, 7) is 0. The number of anilines is 1. The Labute approximate surface area is 123 Å². The summed E-state index contributed by atoms with van der Waals surface area (Å²) in [4.78, 5) is 0. The van der Waals surface area contributed by atoms with Crippen LogP contribution in [0.4, 0.5) is 5.69 Å². The highest BCUT2D eigenvalue weighted by molar-refractivity contribution is 9.10. The second kappa shape index (κ2) is 5.03. The minimum atomic E-state index is -3.93. The van der Waals surface area contributed by atoms with Gasteiger partial charge in [-0.05, 0) is 18.2 Å². The van der Waals surface area contributed by atoms with E-state index in [9.17, 15) is 13.5 Å². The molecule has 0 saturated carbocycles. The summed E-state index contributed by atoms with van der Waals surface area (Å²) in [6, 6.07) is 4.40. The largest absolute Gasteiger partial charge is 0.506 e. The third kappa shape index (κ3) is 2.85. The van der Waals surface area contributed by atoms with Crippen molar-refractivity contribution in [3.8, 4) is 5.75 Å². The Morgan fingerprint density at radius 1 is 1.47 bits per heavy atom. The number of phenols is 1. The van der Waals surface area contributed by atoms with Crippen LogP contribution in [0, 0.1) is 0 Å². The highest BCUT2D eigenvalue weighted by Crippen LogP contribution is 2.30. The topological polar surface area (TPSA) is 84.2 Å². The van der Waals surface area contributed by atoms with Gasteiger partial charge in [0.2, 0.25) is 0 Å². The second-order valence-corrected chi connectivity index (χ2v) is 6.61. The first kappa shape index (κ1) is 14.2. The third-order valence-electron chi connectivity index (χ3n) is 2.30. The summed E-state index contributed by atoms with van der Waals surface area (Å²) >= 11 is 8.98. The molecule has 2 aromatic rings. The van der Waals surface area contributed by atoms with Gasteiger partial charge in [0.05, 0.1) is 16.9 Å². The molecule has 0 bridgehead atoms. The Morgan fingerprint density at radius 3 is 2.74 bits per heavy atom. The lowest BCUT2D eigenvalue weighted by atomic mass is 10.3. The SMILES string of the molecule is Cn1ncc(Cl)c1S(=O)(=O)Nc1cc(Br)ccc1O. The van der Waals surface area contributed by atoms with Gasteiger partial charge in [0, 0.05) is 11.5 Å². The average molecular weight is 367 g/mol. The van der Waals surface area contributed by atoms with Crippen molar-refractivity contribution in [1.82, 2.24) is 9.78 Å². The van der Waals surface area contributed by atoms with Crippen molar-refractivity contribution in [2.45, 2.75) is 5.03 Å². The van der Waals surface area contributed by atoms with E-state index in [2.05, 4.69) is 25.8 Å². The molecule has 102 valence electrons. The first-order chi connectivity index (χ1) is 8.81. The lowest BCUT2D eigenvalue weighted by Crippen LogP contribution is -2.17. The van der Waals surface area contributed by atoms with E-state index in [0.717, 1.165) is 4.68 Å². The standard InChI is InChI=1S/C10H9BrClN3O3S/c1-15-10(7(12)5-13-15)19(17,18)14-8-4-6(11)2-3-9(8)16/h2-5,14,16H,1H3. The van der Waals surface area contributed by atoms with E-state index in [1.807, 2.05) is 0 Å². The zero-order valence-corrected chi connectivity index (χ0v) is 12.8. The molecule has 0 aliphatic rings. The summed E-state index contributed by atoms with van der Waals surface area (Å²) in [7, 11) is -2.47. The fraction of sp³-hybridized carbons (Fsp3) is 0.100. The molecule has 9 heteroatoms. The quantitative estimate of drug-likeness (QED) is 0.817. The molecule has 0 spiro atoms. The number of rotatable bonds is 3. The van der Waals surface area contributed by atoms with Crippen molar-refractivity contribution >= 4 is 43.2 Å². The fourth-order valence-corrected chi connectivity index (χ4v) is 3.57. The van der Waals surface area contributed by atoms with Crippen LogP contribution < -0.4 is 4.72 Å². The number of aromatic hydroxyl groups is 1. The number of nitrogens with zero attached hydrogens (tertiary/aromatic N) is 2. The maximum absolute atomic E-state index is 12.2. The first-order valence-corrected chi connectivity index (χ1v) is 7.65. The number of aryl methyl sites for hydroxylation is 1. The summed E-state index contributed by atoms with van der Waals surface area (Å²) < 4.78 is 28.4. The number of nitrogens with one attached hydrogen (secondary N) is 1. The summed E-state index contributed by atoms with van der Waals surface area (Å²) in [5.41, 5.74) is 0.0478. The number of hydrogen-bond donors (Lipinski definition) is 2. The molecule has 0 fully saturated rings. The lowest BCUT2D eigenvalue weighted by Gasteiger charge is -2.10. The number of benzene rings is 1. The van der Waals surface area contributed by atoms with Gasteiger partial charge in [0.25, 0.3) is 10.0 Å². The van der Waals surface area contributed by atoms with Crippen LogP contribution >= 0.6 is 27.5 Å². The number of aromatic nitrogens is 2. The second-order valence-electron chi connectivity index (χ2n) is 3.69. The van der Waals surface area contributed by atoms with E-state index >= 15 is 0 Å². The Hall–Kier alpha value is -1.25. The molecular formula is C10H9BrClN3O3S. The van der Waals surface area contributed by atoms with Crippen molar-refractivity contribution in [2.24, 2.45) is 7.05 Å². The molecule has 0 radical (unpaired) electrons. The number of halogens is 2. The maximum atomic E-state index is 12.2. The van der Waals surface area contributed by atoms with Crippen molar-refractivity contribution in [3.05, 3.63) is 33.9 Å². The smallest absolute Gasteiger partial charge is 0.280 e. The van der Waals surface area contributed by atoms with Crippen LogP contribution in [0.1, 0.15) is 0 Å². The van der Waals surface area contributed by atoms with Crippen LogP contribution in [0.15, 0.2) is 33.9 Å². The van der Waals surface area contributed by atoms with E-state index < -0.39 is 10.0 Å². The molecule has 0 aliphatic heterocycles. The zero-order chi connectivity index (χ0) is 14.2. The van der Waals surface area contributed by atoms with Gasteiger partial charge in [-0.1, -0.05) is 27.5 Å². The predicted molar refractivity (Wildman–Crippen MR) is 74.8 cm³/mol. The molecule has 6 nitrogen and oxygen atoms in total. The van der Waals surface area contributed by atoms with Crippen molar-refractivity contribution in [2.75, 3.05) is 4.72 Å². The van der Waals surface area contributed by atoms with Gasteiger partial charge in [0.1, 0.15) is 5.75 Å². The molecule has 1 heterocycles. The highest BCUT2D eigenvalue weighted by Gasteiger charge is 2.23. The first-order valence-electron chi connectivity index (χ1n) is 5.00. The molecule has 0 saturated heterocycles. The van der Waals surface area contributed by atoms with Crippen molar-refractivity contribution in [1.29, 1.82) is 0 Å². The molecule has 2 rings (SSSR count). The molecular weight excluding hydrogens is 358 g/mol. The van der Waals surface area contributed by atoms with Crippen LogP contribution in [0.5, 0.6) is 5.75 Å². The van der Waals surface area contributed by atoms with E-state index in [-0.39, 0.29) is 21.5 Å². The summed E-state index contributed by atoms with van der Waals surface area (Å²) in [6.07, 6.45) is 1.23. The minimum absolute atomic E-state index is 0.00415. The molecule has 19 heavy (non-hydrogen) atoms. The summed E-state index contributed by atoms with van der Waals surface area (Å²) in [5, 5.41) is 13.2. The van der Waals surface area contributed by atoms with Gasteiger partial charge < -0.3 is 5.11 Å². The monoisotopic (exact) mass is 365 g/mol. The van der Waals surface area contributed by atoms with Crippen molar-refractivity contribution < 1.29 is 13.5 Å². The van der Waals surface area contributed by atoms with Crippen LogP contribution in [0.3, 0.4) is 0 Å². The molecule has 2 N–H and O–H groups in total. The normalized spacial score (nSPS) is 11.5. The van der Waals surface area contributed by atoms with Gasteiger partial charge in [-0.2, -0.15) is 13.5 Å². The van der Waals surface area contributed by atoms with E-state index in [4.69, 9.17) is 11.6 Å². The average Bonchev–Trinajstić information content (AvgIpc) is 2.64. The Morgan fingerprint density at radius 2 is 2.16 bits per heavy atom. The minimum Gasteiger partial charge on any atom is -0.506 e. The Bertz CT molecular complexity index is 710. The van der Waals surface area contributed by atoms with Gasteiger partial charge in [-0.3, -0.25) is 9.40 Å². The van der Waals surface area contributed by atoms with Crippen LogP contribution in [0.25, 0.3) is 0 Å². The maximum Gasteiger partial charge on any atom is 0.280 e. The van der Waals surface area contributed by atoms with E-state index in [1.165, 1.54) is 25.4 Å². The zero-order valence-electron chi connectivity index (χ0n) is 9.63. The van der Waals surface area contributed by atoms with Crippen LogP contribution in [0.2, 0.25) is 5.02 Å². The lowest BCUT2D eigenvalue weighted by molar-refractivity contribution is 0.477. The van der Waals surface area contributed by atoms with E-state index in [0.29, 0.717) is 4.47 Å². The summed E-state index contributed by atoms with van der Waals surface area (Å²) in [5.74, 6) is -0.190. The molecule has 0 amide bonds. The third-order valence-corrected chi connectivity index (χ3v) is 4.66.